The smallest absolute Gasteiger partial charge is 0.251 e. The van der Waals surface area contributed by atoms with Crippen LogP contribution in [-0.2, 0) is 14.8 Å². The number of rotatable bonds is 6. The molecule has 2 amide bonds. The summed E-state index contributed by atoms with van der Waals surface area (Å²) in [6.07, 6.45) is 0. The molecule has 0 radical (unpaired) electrons. The Balaban J connectivity index is 2.83. The molecule has 0 aliphatic heterocycles. The van der Waals surface area contributed by atoms with Gasteiger partial charge in [0.15, 0.2) is 0 Å². The molecule has 0 aliphatic carbocycles. The minimum Gasteiger partial charge on any atom is -0.355 e. The standard InChI is InChI=1S/C14H21N3O4S/c1-5-15-13(18)10(2)16-14(19)11-6-8-12(9-7-11)22(20,21)17(3)4/h6-10H,5H2,1-4H3,(H,15,18)(H,16,19)/t10-/m0/s1. The van der Waals surface area contributed by atoms with Gasteiger partial charge in [-0.3, -0.25) is 9.59 Å². The molecular weight excluding hydrogens is 306 g/mol. The molecule has 1 aromatic rings. The number of amides is 2. The maximum Gasteiger partial charge on any atom is 0.251 e. The van der Waals surface area contributed by atoms with Gasteiger partial charge in [-0.15, -0.1) is 0 Å². The van der Waals surface area contributed by atoms with Gasteiger partial charge < -0.3 is 10.6 Å². The molecule has 1 aromatic carbocycles. The van der Waals surface area contributed by atoms with E-state index in [4.69, 9.17) is 0 Å². The van der Waals surface area contributed by atoms with E-state index in [-0.39, 0.29) is 16.4 Å². The second-order valence-electron chi connectivity index (χ2n) is 4.90. The molecule has 0 aromatic heterocycles. The quantitative estimate of drug-likeness (QED) is 0.780. The van der Waals surface area contributed by atoms with E-state index in [0.29, 0.717) is 6.54 Å². The molecular formula is C14H21N3O4S. The Morgan fingerprint density at radius 1 is 1.18 bits per heavy atom. The van der Waals surface area contributed by atoms with Gasteiger partial charge in [0.1, 0.15) is 6.04 Å². The molecule has 0 saturated heterocycles. The normalized spacial score (nSPS) is 12.8. The van der Waals surface area contributed by atoms with Crippen LogP contribution in [-0.4, -0.2) is 51.2 Å². The fraction of sp³-hybridized carbons (Fsp3) is 0.429. The lowest BCUT2D eigenvalue weighted by molar-refractivity contribution is -0.122. The van der Waals surface area contributed by atoms with E-state index in [2.05, 4.69) is 10.6 Å². The topological polar surface area (TPSA) is 95.6 Å². The third kappa shape index (κ3) is 4.28. The van der Waals surface area contributed by atoms with E-state index < -0.39 is 22.0 Å². The van der Waals surface area contributed by atoms with Crippen LogP contribution >= 0.6 is 0 Å². The zero-order chi connectivity index (χ0) is 16.9. The van der Waals surface area contributed by atoms with Gasteiger partial charge in [0.25, 0.3) is 5.91 Å². The second kappa shape index (κ2) is 7.37. The lowest BCUT2D eigenvalue weighted by Crippen LogP contribution is -2.44. The Hall–Kier alpha value is -1.93. The number of hydrogen-bond donors (Lipinski definition) is 2. The number of benzene rings is 1. The monoisotopic (exact) mass is 327 g/mol. The maximum atomic E-state index is 12.0. The summed E-state index contributed by atoms with van der Waals surface area (Å²) in [5.41, 5.74) is 0.286. The number of carbonyl (C=O) groups excluding carboxylic acids is 2. The van der Waals surface area contributed by atoms with Crippen LogP contribution in [0.4, 0.5) is 0 Å². The largest absolute Gasteiger partial charge is 0.355 e. The van der Waals surface area contributed by atoms with Gasteiger partial charge in [-0.25, -0.2) is 12.7 Å². The van der Waals surface area contributed by atoms with Gasteiger partial charge >= 0.3 is 0 Å². The predicted octanol–water partition coefficient (Wildman–Crippen LogP) is 0.191. The first-order chi connectivity index (χ1) is 10.2. The predicted molar refractivity (Wildman–Crippen MR) is 82.9 cm³/mol. The van der Waals surface area contributed by atoms with Crippen LogP contribution in [0.5, 0.6) is 0 Å². The average molecular weight is 327 g/mol. The van der Waals surface area contributed by atoms with Crippen LogP contribution in [0.25, 0.3) is 0 Å². The minimum atomic E-state index is -3.53. The molecule has 0 fully saturated rings. The zero-order valence-corrected chi connectivity index (χ0v) is 13.9. The number of nitrogens with zero attached hydrogens (tertiary/aromatic N) is 1. The van der Waals surface area contributed by atoms with Crippen molar-refractivity contribution in [3.05, 3.63) is 29.8 Å². The van der Waals surface area contributed by atoms with Crippen LogP contribution in [0.3, 0.4) is 0 Å². The van der Waals surface area contributed by atoms with E-state index in [9.17, 15) is 18.0 Å². The molecule has 0 bridgehead atoms. The zero-order valence-electron chi connectivity index (χ0n) is 13.1. The lowest BCUT2D eigenvalue weighted by atomic mass is 10.2. The molecule has 122 valence electrons. The first-order valence-electron chi connectivity index (χ1n) is 6.81. The fourth-order valence-electron chi connectivity index (χ4n) is 1.66. The molecule has 0 spiro atoms. The highest BCUT2D eigenvalue weighted by atomic mass is 32.2. The number of likely N-dealkylation sites (N-methyl/N-ethyl adjacent to an activating group) is 1. The molecule has 2 N–H and O–H groups in total. The summed E-state index contributed by atoms with van der Waals surface area (Å²) >= 11 is 0. The van der Waals surface area contributed by atoms with Crippen molar-refractivity contribution in [1.82, 2.24) is 14.9 Å². The molecule has 0 aliphatic rings. The first kappa shape index (κ1) is 18.1. The molecule has 0 saturated carbocycles. The summed E-state index contributed by atoms with van der Waals surface area (Å²) in [7, 11) is -0.657. The van der Waals surface area contributed by atoms with E-state index >= 15 is 0 Å². The maximum absolute atomic E-state index is 12.0. The number of sulfonamides is 1. The number of hydrogen-bond acceptors (Lipinski definition) is 4. The van der Waals surface area contributed by atoms with Crippen molar-refractivity contribution in [3.63, 3.8) is 0 Å². The summed E-state index contributed by atoms with van der Waals surface area (Å²) in [5.74, 6) is -0.713. The molecule has 1 rings (SSSR count). The van der Waals surface area contributed by atoms with Gasteiger partial charge in [0, 0.05) is 26.2 Å². The SMILES string of the molecule is CCNC(=O)[C@H](C)NC(=O)c1ccc(S(=O)(=O)N(C)C)cc1. The van der Waals surface area contributed by atoms with Crippen LogP contribution in [0.2, 0.25) is 0 Å². The molecule has 7 nitrogen and oxygen atoms in total. The summed E-state index contributed by atoms with van der Waals surface area (Å²) < 4.78 is 24.9. The van der Waals surface area contributed by atoms with Crippen LogP contribution in [0.1, 0.15) is 24.2 Å². The highest BCUT2D eigenvalue weighted by Crippen LogP contribution is 2.14. The van der Waals surface area contributed by atoms with E-state index in [1.165, 1.54) is 38.4 Å². The van der Waals surface area contributed by atoms with Gasteiger partial charge in [0.05, 0.1) is 4.90 Å². The summed E-state index contributed by atoms with van der Waals surface area (Å²) in [6.45, 7) is 3.85. The highest BCUT2D eigenvalue weighted by molar-refractivity contribution is 7.89. The van der Waals surface area contributed by atoms with Crippen molar-refractivity contribution in [2.24, 2.45) is 0 Å². The number of nitrogens with one attached hydrogen (secondary N) is 2. The Labute approximate surface area is 130 Å². The molecule has 8 heteroatoms. The van der Waals surface area contributed by atoms with Crippen LogP contribution in [0, 0.1) is 0 Å². The van der Waals surface area contributed by atoms with Gasteiger partial charge in [-0.2, -0.15) is 0 Å². The third-order valence-corrected chi connectivity index (χ3v) is 4.82. The number of carbonyl (C=O) groups is 2. The van der Waals surface area contributed by atoms with Gasteiger partial charge in [0.2, 0.25) is 15.9 Å². The van der Waals surface area contributed by atoms with Gasteiger partial charge in [-0.05, 0) is 38.1 Å². The Morgan fingerprint density at radius 3 is 2.18 bits per heavy atom. The lowest BCUT2D eigenvalue weighted by Gasteiger charge is -2.14. The van der Waals surface area contributed by atoms with Crippen molar-refractivity contribution < 1.29 is 18.0 Å². The Bertz CT molecular complexity index is 639. The van der Waals surface area contributed by atoms with Crippen LogP contribution < -0.4 is 10.6 Å². The van der Waals surface area contributed by atoms with E-state index in [1.807, 2.05) is 0 Å². The second-order valence-corrected chi connectivity index (χ2v) is 7.05. The molecule has 0 heterocycles. The van der Waals surface area contributed by atoms with Crippen molar-refractivity contribution in [1.29, 1.82) is 0 Å². The molecule has 0 unspecified atom stereocenters. The Morgan fingerprint density at radius 2 is 1.73 bits per heavy atom. The van der Waals surface area contributed by atoms with Crippen molar-refractivity contribution in [3.8, 4) is 0 Å². The Kier molecular flexibility index (Phi) is 6.07. The summed E-state index contributed by atoms with van der Waals surface area (Å²) in [6, 6.07) is 4.88. The van der Waals surface area contributed by atoms with Crippen LogP contribution in [0.15, 0.2) is 29.2 Å². The van der Waals surface area contributed by atoms with E-state index in [1.54, 1.807) is 13.8 Å². The first-order valence-corrected chi connectivity index (χ1v) is 8.25. The molecule has 1 atom stereocenters. The fourth-order valence-corrected chi connectivity index (χ4v) is 2.56. The van der Waals surface area contributed by atoms with Crippen molar-refractivity contribution in [2.45, 2.75) is 24.8 Å². The van der Waals surface area contributed by atoms with Crippen molar-refractivity contribution >= 4 is 21.8 Å². The molecule has 22 heavy (non-hydrogen) atoms. The summed E-state index contributed by atoms with van der Waals surface area (Å²) in [4.78, 5) is 23.7. The average Bonchev–Trinajstić information content (AvgIpc) is 2.47. The minimum absolute atomic E-state index is 0.103. The van der Waals surface area contributed by atoms with E-state index in [0.717, 1.165) is 4.31 Å². The highest BCUT2D eigenvalue weighted by Gasteiger charge is 2.19. The van der Waals surface area contributed by atoms with Gasteiger partial charge in [-0.1, -0.05) is 0 Å². The van der Waals surface area contributed by atoms with Crippen molar-refractivity contribution in [2.75, 3.05) is 20.6 Å². The third-order valence-electron chi connectivity index (χ3n) is 2.99. The summed E-state index contributed by atoms with van der Waals surface area (Å²) in [5, 5.41) is 5.16.